The Bertz CT molecular complexity index is 567. The first kappa shape index (κ1) is 16.2. The van der Waals surface area contributed by atoms with E-state index in [1.165, 1.54) is 43.9 Å². The summed E-state index contributed by atoms with van der Waals surface area (Å²) >= 11 is 0. The molecular weight excluding hydrogens is 280 g/mol. The Labute approximate surface area is 140 Å². The first-order chi connectivity index (χ1) is 11.3. The van der Waals surface area contributed by atoms with Gasteiger partial charge in [0.25, 0.3) is 0 Å². The van der Waals surface area contributed by atoms with Crippen LogP contribution in [0.4, 0.5) is 0 Å². The quantitative estimate of drug-likeness (QED) is 0.806. The third-order valence-corrected chi connectivity index (χ3v) is 4.94. The molecular formula is C21H28N2. The zero-order valence-corrected chi connectivity index (χ0v) is 14.2. The number of hydrogen-bond acceptors (Lipinski definition) is 2. The van der Waals surface area contributed by atoms with Crippen LogP contribution in [-0.4, -0.2) is 48.6 Å². The highest BCUT2D eigenvalue weighted by Gasteiger charge is 2.22. The van der Waals surface area contributed by atoms with E-state index in [9.17, 15) is 0 Å². The number of piperazine rings is 1. The maximum atomic E-state index is 2.64. The molecule has 1 heterocycles. The predicted octanol–water partition coefficient (Wildman–Crippen LogP) is 3.48. The standard InChI is InChI=1S/C21H28N2/c1-19-18-22(14-12-20-8-4-2-5-9-20)16-17-23(19)15-13-21-10-6-3-7-11-21/h2-11,19H,12-18H2,1H3. The van der Waals surface area contributed by atoms with Crippen molar-refractivity contribution in [2.75, 3.05) is 32.7 Å². The van der Waals surface area contributed by atoms with Gasteiger partial charge in [-0.3, -0.25) is 4.90 Å². The number of benzene rings is 2. The number of nitrogens with zero attached hydrogens (tertiary/aromatic N) is 2. The third-order valence-electron chi connectivity index (χ3n) is 4.94. The molecule has 0 bridgehead atoms. The maximum absolute atomic E-state index is 2.64. The minimum atomic E-state index is 0.656. The van der Waals surface area contributed by atoms with Gasteiger partial charge in [0.15, 0.2) is 0 Å². The van der Waals surface area contributed by atoms with Crippen LogP contribution in [0.2, 0.25) is 0 Å². The van der Waals surface area contributed by atoms with Gasteiger partial charge in [0, 0.05) is 38.8 Å². The average Bonchev–Trinajstić information content (AvgIpc) is 2.61. The van der Waals surface area contributed by atoms with Crippen LogP contribution in [0.15, 0.2) is 60.7 Å². The molecule has 0 aliphatic carbocycles. The van der Waals surface area contributed by atoms with Gasteiger partial charge >= 0.3 is 0 Å². The molecule has 0 aromatic heterocycles. The highest BCUT2D eigenvalue weighted by Crippen LogP contribution is 2.12. The van der Waals surface area contributed by atoms with Crippen molar-refractivity contribution in [3.8, 4) is 0 Å². The molecule has 0 spiro atoms. The summed E-state index contributed by atoms with van der Waals surface area (Å²) in [6.45, 7) is 8.33. The molecule has 0 saturated carbocycles. The Hall–Kier alpha value is -1.64. The van der Waals surface area contributed by atoms with Crippen LogP contribution < -0.4 is 0 Å². The lowest BCUT2D eigenvalue weighted by Gasteiger charge is -2.40. The van der Waals surface area contributed by atoms with Gasteiger partial charge in [-0.2, -0.15) is 0 Å². The lowest BCUT2D eigenvalue weighted by Crippen LogP contribution is -2.52. The molecule has 1 fully saturated rings. The summed E-state index contributed by atoms with van der Waals surface area (Å²) in [7, 11) is 0. The van der Waals surface area contributed by atoms with Crippen LogP contribution in [0, 0.1) is 0 Å². The lowest BCUT2D eigenvalue weighted by molar-refractivity contribution is 0.0853. The Morgan fingerprint density at radius 3 is 1.91 bits per heavy atom. The van der Waals surface area contributed by atoms with Crippen molar-refractivity contribution >= 4 is 0 Å². The van der Waals surface area contributed by atoms with E-state index >= 15 is 0 Å². The van der Waals surface area contributed by atoms with Crippen molar-refractivity contribution < 1.29 is 0 Å². The predicted molar refractivity (Wildman–Crippen MR) is 97.8 cm³/mol. The molecule has 0 amide bonds. The van der Waals surface area contributed by atoms with Gasteiger partial charge in [-0.25, -0.2) is 0 Å². The molecule has 23 heavy (non-hydrogen) atoms. The fourth-order valence-corrected chi connectivity index (χ4v) is 3.46. The first-order valence-electron chi connectivity index (χ1n) is 8.85. The zero-order valence-electron chi connectivity index (χ0n) is 14.2. The molecule has 1 saturated heterocycles. The van der Waals surface area contributed by atoms with E-state index in [4.69, 9.17) is 0 Å². The number of rotatable bonds is 6. The summed E-state index contributed by atoms with van der Waals surface area (Å²) in [4.78, 5) is 5.27. The summed E-state index contributed by atoms with van der Waals surface area (Å²) in [6, 6.07) is 22.3. The SMILES string of the molecule is CC1CN(CCc2ccccc2)CCN1CCc1ccccc1. The van der Waals surface area contributed by atoms with Gasteiger partial charge in [0.1, 0.15) is 0 Å². The van der Waals surface area contributed by atoms with E-state index in [0.717, 1.165) is 12.8 Å². The first-order valence-corrected chi connectivity index (χ1v) is 8.85. The van der Waals surface area contributed by atoms with Crippen molar-refractivity contribution in [3.05, 3.63) is 71.8 Å². The second-order valence-corrected chi connectivity index (χ2v) is 6.66. The van der Waals surface area contributed by atoms with Crippen molar-refractivity contribution in [1.29, 1.82) is 0 Å². The van der Waals surface area contributed by atoms with Crippen LogP contribution >= 0.6 is 0 Å². The maximum Gasteiger partial charge on any atom is 0.0195 e. The molecule has 3 rings (SSSR count). The normalized spacial score (nSPS) is 19.8. The van der Waals surface area contributed by atoms with Gasteiger partial charge in [-0.15, -0.1) is 0 Å². The molecule has 1 aliphatic heterocycles. The van der Waals surface area contributed by atoms with E-state index in [1.54, 1.807) is 0 Å². The molecule has 1 unspecified atom stereocenters. The average molecular weight is 308 g/mol. The van der Waals surface area contributed by atoms with Crippen molar-refractivity contribution in [3.63, 3.8) is 0 Å². The fraction of sp³-hybridized carbons (Fsp3) is 0.429. The Morgan fingerprint density at radius 1 is 0.783 bits per heavy atom. The molecule has 2 heteroatoms. The fourth-order valence-electron chi connectivity index (χ4n) is 3.46. The van der Waals surface area contributed by atoms with Gasteiger partial charge in [0.2, 0.25) is 0 Å². The van der Waals surface area contributed by atoms with Gasteiger partial charge < -0.3 is 4.90 Å². The topological polar surface area (TPSA) is 6.48 Å². The van der Waals surface area contributed by atoms with E-state index in [0.29, 0.717) is 6.04 Å². The third kappa shape index (κ3) is 4.92. The van der Waals surface area contributed by atoms with Gasteiger partial charge in [-0.05, 0) is 30.9 Å². The molecule has 1 atom stereocenters. The molecule has 2 aromatic carbocycles. The van der Waals surface area contributed by atoms with Crippen LogP contribution in [0.3, 0.4) is 0 Å². The van der Waals surface area contributed by atoms with Crippen LogP contribution in [0.25, 0.3) is 0 Å². The zero-order chi connectivity index (χ0) is 15.9. The van der Waals surface area contributed by atoms with Crippen LogP contribution in [0.1, 0.15) is 18.1 Å². The van der Waals surface area contributed by atoms with Gasteiger partial charge in [0.05, 0.1) is 0 Å². The monoisotopic (exact) mass is 308 g/mol. The molecule has 0 N–H and O–H groups in total. The largest absolute Gasteiger partial charge is 0.300 e. The highest BCUT2D eigenvalue weighted by atomic mass is 15.3. The number of hydrogen-bond donors (Lipinski definition) is 0. The minimum Gasteiger partial charge on any atom is -0.300 e. The lowest BCUT2D eigenvalue weighted by atomic mass is 10.1. The Balaban J connectivity index is 1.42. The van der Waals surface area contributed by atoms with Crippen molar-refractivity contribution in [2.45, 2.75) is 25.8 Å². The van der Waals surface area contributed by atoms with E-state index in [-0.39, 0.29) is 0 Å². The van der Waals surface area contributed by atoms with Crippen molar-refractivity contribution in [1.82, 2.24) is 9.80 Å². The summed E-state index contributed by atoms with van der Waals surface area (Å²) < 4.78 is 0. The summed E-state index contributed by atoms with van der Waals surface area (Å²) in [6.07, 6.45) is 2.33. The Morgan fingerprint density at radius 2 is 1.35 bits per heavy atom. The summed E-state index contributed by atoms with van der Waals surface area (Å²) in [5.74, 6) is 0. The summed E-state index contributed by atoms with van der Waals surface area (Å²) in [5.41, 5.74) is 2.90. The van der Waals surface area contributed by atoms with Crippen molar-refractivity contribution in [2.24, 2.45) is 0 Å². The van der Waals surface area contributed by atoms with Crippen LogP contribution in [0.5, 0.6) is 0 Å². The second kappa shape index (κ2) is 8.28. The minimum absolute atomic E-state index is 0.656. The smallest absolute Gasteiger partial charge is 0.0195 e. The molecule has 2 aromatic rings. The molecule has 1 aliphatic rings. The summed E-state index contributed by atoms with van der Waals surface area (Å²) in [5, 5.41) is 0. The second-order valence-electron chi connectivity index (χ2n) is 6.66. The van der Waals surface area contributed by atoms with E-state index in [1.807, 2.05) is 0 Å². The molecule has 2 nitrogen and oxygen atoms in total. The van der Waals surface area contributed by atoms with E-state index < -0.39 is 0 Å². The van der Waals surface area contributed by atoms with E-state index in [2.05, 4.69) is 77.4 Å². The highest BCUT2D eigenvalue weighted by molar-refractivity contribution is 5.15. The molecule has 122 valence electrons. The molecule has 0 radical (unpaired) electrons. The Kier molecular flexibility index (Phi) is 5.84. The van der Waals surface area contributed by atoms with Gasteiger partial charge in [-0.1, -0.05) is 60.7 Å². The van der Waals surface area contributed by atoms with Crippen LogP contribution in [-0.2, 0) is 12.8 Å².